The number of nitrogens with zero attached hydrogens (tertiary/aromatic N) is 5. The Labute approximate surface area is 192 Å². The van der Waals surface area contributed by atoms with Gasteiger partial charge in [-0.25, -0.2) is 9.98 Å². The number of guanidine groups is 1. The Hall–Kier alpha value is -1.13. The van der Waals surface area contributed by atoms with Crippen LogP contribution < -0.4 is 10.2 Å². The number of rotatable bonds is 6. The highest BCUT2D eigenvalue weighted by atomic mass is 127. The number of piperazine rings is 1. The molecular formula is C21H37IN6O. The molecule has 0 amide bonds. The summed E-state index contributed by atoms with van der Waals surface area (Å²) in [6, 6.07) is 4.30. The van der Waals surface area contributed by atoms with Crippen molar-refractivity contribution in [2.24, 2.45) is 4.99 Å². The van der Waals surface area contributed by atoms with Crippen molar-refractivity contribution in [1.29, 1.82) is 0 Å². The number of anilines is 1. The van der Waals surface area contributed by atoms with Crippen LogP contribution in [0.5, 0.6) is 0 Å². The molecule has 2 aliphatic heterocycles. The third kappa shape index (κ3) is 7.25. The fourth-order valence-electron chi connectivity index (χ4n) is 3.79. The largest absolute Gasteiger partial charge is 0.378 e. The van der Waals surface area contributed by atoms with E-state index in [1.54, 1.807) is 0 Å². The van der Waals surface area contributed by atoms with Crippen molar-refractivity contribution in [3.63, 3.8) is 0 Å². The third-order valence-electron chi connectivity index (χ3n) is 5.53. The van der Waals surface area contributed by atoms with E-state index in [1.165, 1.54) is 0 Å². The molecule has 0 bridgehead atoms. The van der Waals surface area contributed by atoms with Crippen LogP contribution >= 0.6 is 24.0 Å². The van der Waals surface area contributed by atoms with Gasteiger partial charge < -0.3 is 24.8 Å². The number of aliphatic imine (C=N–C) groups is 1. The minimum Gasteiger partial charge on any atom is -0.378 e. The number of pyridine rings is 1. The summed E-state index contributed by atoms with van der Waals surface area (Å²) < 4.78 is 5.77. The summed E-state index contributed by atoms with van der Waals surface area (Å²) in [6.07, 6.45) is 4.51. The maximum absolute atomic E-state index is 5.77. The minimum atomic E-state index is 0. The first-order valence-corrected chi connectivity index (χ1v) is 10.7. The normalized spacial score (nSPS) is 19.2. The SMILES string of the molecule is CCNC(=NCc1ccc(N2CCN(C)CC2)nc1)N1CCC(OCC)CC1.I. The molecule has 2 saturated heterocycles. The highest BCUT2D eigenvalue weighted by molar-refractivity contribution is 14.0. The fourth-order valence-corrected chi connectivity index (χ4v) is 3.79. The van der Waals surface area contributed by atoms with E-state index >= 15 is 0 Å². The van der Waals surface area contributed by atoms with Crippen LogP contribution in [0.15, 0.2) is 23.3 Å². The molecule has 0 spiro atoms. The predicted octanol–water partition coefficient (Wildman–Crippen LogP) is 2.42. The number of likely N-dealkylation sites (N-methyl/N-ethyl adjacent to an activating group) is 1. The van der Waals surface area contributed by atoms with Gasteiger partial charge in [-0.15, -0.1) is 24.0 Å². The van der Waals surface area contributed by atoms with E-state index in [4.69, 9.17) is 9.73 Å². The third-order valence-corrected chi connectivity index (χ3v) is 5.53. The Morgan fingerprint density at radius 2 is 1.86 bits per heavy atom. The summed E-state index contributed by atoms with van der Waals surface area (Å²) in [7, 11) is 2.17. The van der Waals surface area contributed by atoms with Crippen LogP contribution in [0.25, 0.3) is 0 Å². The smallest absolute Gasteiger partial charge is 0.194 e. The second-order valence-electron chi connectivity index (χ2n) is 7.63. The van der Waals surface area contributed by atoms with Crippen LogP contribution in [0.3, 0.4) is 0 Å². The summed E-state index contributed by atoms with van der Waals surface area (Å²) in [4.78, 5) is 16.6. The standard InChI is InChI=1S/C21H36N6O.HI/c1-4-22-21(27-10-8-19(9-11-27)28-5-2)24-17-18-6-7-20(23-16-18)26-14-12-25(3)13-15-26;/h6-7,16,19H,4-5,8-15,17H2,1-3H3,(H,22,24);1H. The highest BCUT2D eigenvalue weighted by Gasteiger charge is 2.21. The molecule has 1 aromatic heterocycles. The van der Waals surface area contributed by atoms with E-state index in [1.807, 2.05) is 6.20 Å². The second kappa shape index (κ2) is 12.5. The summed E-state index contributed by atoms with van der Waals surface area (Å²) in [6.45, 7) is 12.8. The van der Waals surface area contributed by atoms with Gasteiger partial charge in [0.05, 0.1) is 12.6 Å². The molecule has 2 aliphatic rings. The van der Waals surface area contributed by atoms with E-state index in [0.717, 1.165) is 82.6 Å². The minimum absolute atomic E-state index is 0. The maximum atomic E-state index is 5.77. The predicted molar refractivity (Wildman–Crippen MR) is 130 cm³/mol. The number of hydrogen-bond acceptors (Lipinski definition) is 5. The second-order valence-corrected chi connectivity index (χ2v) is 7.63. The highest BCUT2D eigenvalue weighted by Crippen LogP contribution is 2.16. The zero-order valence-corrected chi connectivity index (χ0v) is 20.5. The van der Waals surface area contributed by atoms with Gasteiger partial charge in [0, 0.05) is 58.6 Å². The number of hydrogen-bond donors (Lipinski definition) is 1. The van der Waals surface area contributed by atoms with E-state index in [2.05, 4.69) is 58.0 Å². The van der Waals surface area contributed by atoms with Gasteiger partial charge in [0.15, 0.2) is 5.96 Å². The maximum Gasteiger partial charge on any atom is 0.194 e. The van der Waals surface area contributed by atoms with E-state index in [-0.39, 0.29) is 24.0 Å². The lowest BCUT2D eigenvalue weighted by molar-refractivity contribution is 0.0263. The molecule has 1 aromatic rings. The summed E-state index contributed by atoms with van der Waals surface area (Å²) in [5.74, 6) is 2.08. The van der Waals surface area contributed by atoms with Gasteiger partial charge in [-0.2, -0.15) is 0 Å². The molecule has 0 radical (unpaired) electrons. The zero-order chi connectivity index (χ0) is 19.8. The lowest BCUT2D eigenvalue weighted by Gasteiger charge is -2.34. The number of halogens is 1. The quantitative estimate of drug-likeness (QED) is 0.356. The average Bonchev–Trinajstić information content (AvgIpc) is 2.73. The molecule has 2 fully saturated rings. The van der Waals surface area contributed by atoms with Crippen molar-refractivity contribution in [2.75, 3.05) is 64.4 Å². The van der Waals surface area contributed by atoms with Gasteiger partial charge in [0.1, 0.15) is 5.82 Å². The molecule has 3 rings (SSSR count). The van der Waals surface area contributed by atoms with Crippen molar-refractivity contribution < 1.29 is 4.74 Å². The molecule has 0 atom stereocenters. The summed E-state index contributed by atoms with van der Waals surface area (Å²) in [5, 5.41) is 3.44. The van der Waals surface area contributed by atoms with Gasteiger partial charge in [-0.1, -0.05) is 6.07 Å². The van der Waals surface area contributed by atoms with Gasteiger partial charge >= 0.3 is 0 Å². The van der Waals surface area contributed by atoms with Gasteiger partial charge in [-0.05, 0) is 45.4 Å². The van der Waals surface area contributed by atoms with Gasteiger partial charge in [-0.3, -0.25) is 0 Å². The first kappa shape index (κ1) is 24.1. The van der Waals surface area contributed by atoms with Crippen LogP contribution in [-0.2, 0) is 11.3 Å². The van der Waals surface area contributed by atoms with E-state index < -0.39 is 0 Å². The number of aromatic nitrogens is 1. The molecule has 0 unspecified atom stereocenters. The van der Waals surface area contributed by atoms with Crippen molar-refractivity contribution in [3.8, 4) is 0 Å². The van der Waals surface area contributed by atoms with Crippen molar-refractivity contribution in [1.82, 2.24) is 20.1 Å². The van der Waals surface area contributed by atoms with Gasteiger partial charge in [0.25, 0.3) is 0 Å². The molecule has 7 nitrogen and oxygen atoms in total. The molecule has 1 N–H and O–H groups in total. The van der Waals surface area contributed by atoms with Crippen LogP contribution in [0.1, 0.15) is 32.3 Å². The Balaban J connectivity index is 0.00000300. The first-order valence-electron chi connectivity index (χ1n) is 10.7. The number of piperidine rings is 1. The van der Waals surface area contributed by atoms with Crippen LogP contribution in [0.4, 0.5) is 5.82 Å². The molecule has 3 heterocycles. The fraction of sp³-hybridized carbons (Fsp3) is 0.714. The van der Waals surface area contributed by atoms with Crippen LogP contribution in [-0.4, -0.2) is 86.3 Å². The molecule has 8 heteroatoms. The monoisotopic (exact) mass is 516 g/mol. The van der Waals surface area contributed by atoms with Crippen molar-refractivity contribution in [2.45, 2.75) is 39.3 Å². The van der Waals surface area contributed by atoms with Crippen LogP contribution in [0.2, 0.25) is 0 Å². The molecule has 29 heavy (non-hydrogen) atoms. The summed E-state index contributed by atoms with van der Waals surface area (Å²) >= 11 is 0. The lowest BCUT2D eigenvalue weighted by atomic mass is 10.1. The van der Waals surface area contributed by atoms with E-state index in [9.17, 15) is 0 Å². The Morgan fingerprint density at radius 1 is 1.14 bits per heavy atom. The first-order chi connectivity index (χ1) is 13.7. The molecular weight excluding hydrogens is 479 g/mol. The van der Waals surface area contributed by atoms with Crippen LogP contribution in [0, 0.1) is 0 Å². The van der Waals surface area contributed by atoms with E-state index in [0.29, 0.717) is 12.6 Å². The lowest BCUT2D eigenvalue weighted by Crippen LogP contribution is -2.47. The molecule has 0 saturated carbocycles. The number of ether oxygens (including phenoxy) is 1. The van der Waals surface area contributed by atoms with Crippen molar-refractivity contribution >= 4 is 35.8 Å². The van der Waals surface area contributed by atoms with Gasteiger partial charge in [0.2, 0.25) is 0 Å². The molecule has 164 valence electrons. The Bertz CT molecular complexity index is 610. The van der Waals surface area contributed by atoms with Crippen molar-refractivity contribution in [3.05, 3.63) is 23.9 Å². The summed E-state index contributed by atoms with van der Waals surface area (Å²) in [5.41, 5.74) is 1.15. The number of nitrogens with one attached hydrogen (secondary N) is 1. The number of likely N-dealkylation sites (tertiary alicyclic amines) is 1. The molecule has 0 aromatic carbocycles. The Kier molecular flexibility index (Phi) is 10.4. The average molecular weight is 516 g/mol. The molecule has 0 aliphatic carbocycles. The Morgan fingerprint density at radius 3 is 2.45 bits per heavy atom. The zero-order valence-electron chi connectivity index (χ0n) is 18.1. The topological polar surface area (TPSA) is 56.2 Å².